The van der Waals surface area contributed by atoms with Gasteiger partial charge in [-0.15, -0.1) is 0 Å². The van der Waals surface area contributed by atoms with Gasteiger partial charge in [-0.25, -0.2) is 17.5 Å². The van der Waals surface area contributed by atoms with Crippen LogP contribution in [0.25, 0.3) is 0 Å². The molecule has 23 heavy (non-hydrogen) atoms. The number of halogens is 1. The summed E-state index contributed by atoms with van der Waals surface area (Å²) in [6.45, 7) is 1.09. The van der Waals surface area contributed by atoms with E-state index in [0.717, 1.165) is 37.8 Å². The second-order valence-electron chi connectivity index (χ2n) is 5.99. The zero-order valence-electron chi connectivity index (χ0n) is 12.9. The quantitative estimate of drug-likeness (QED) is 0.463. The Balaban J connectivity index is 1.78. The third-order valence-corrected chi connectivity index (χ3v) is 5.67. The van der Waals surface area contributed by atoms with Crippen molar-refractivity contribution in [1.29, 1.82) is 5.41 Å². The van der Waals surface area contributed by atoms with Crippen LogP contribution >= 0.6 is 0 Å². The first-order chi connectivity index (χ1) is 10.9. The first-order valence-corrected chi connectivity index (χ1v) is 9.18. The Kier molecular flexibility index (Phi) is 5.95. The highest BCUT2D eigenvalue weighted by atomic mass is 32.2. The van der Waals surface area contributed by atoms with E-state index in [4.69, 9.17) is 11.1 Å². The van der Waals surface area contributed by atoms with Crippen molar-refractivity contribution in [3.8, 4) is 0 Å². The maximum atomic E-state index is 12.9. The van der Waals surface area contributed by atoms with E-state index in [1.807, 2.05) is 0 Å². The van der Waals surface area contributed by atoms with Crippen LogP contribution in [0.1, 0.15) is 25.7 Å². The Morgan fingerprint density at radius 2 is 1.65 bits per heavy atom. The van der Waals surface area contributed by atoms with Crippen LogP contribution in [0.5, 0.6) is 0 Å². The summed E-state index contributed by atoms with van der Waals surface area (Å²) in [6, 6.07) is 4.81. The second kappa shape index (κ2) is 7.74. The molecule has 0 aromatic heterocycles. The van der Waals surface area contributed by atoms with Gasteiger partial charge in [-0.05, 0) is 61.8 Å². The minimum absolute atomic E-state index is 0.0146. The average molecular weight is 342 g/mol. The van der Waals surface area contributed by atoms with Crippen LogP contribution in [-0.2, 0) is 10.0 Å². The molecule has 1 fully saturated rings. The monoisotopic (exact) mass is 342 g/mol. The molecule has 0 amide bonds. The number of rotatable bonds is 6. The van der Waals surface area contributed by atoms with Crippen LogP contribution in [0.2, 0.25) is 0 Å². The molecule has 0 atom stereocenters. The SMILES string of the molecule is N=C(N)NC[C@H]1CC[C@H](CNS(=O)(=O)c2ccc(F)cc2)CC1. The van der Waals surface area contributed by atoms with E-state index >= 15 is 0 Å². The van der Waals surface area contributed by atoms with Crippen LogP contribution in [0.4, 0.5) is 4.39 Å². The minimum atomic E-state index is -3.59. The first-order valence-electron chi connectivity index (χ1n) is 7.70. The molecule has 1 aromatic rings. The fourth-order valence-corrected chi connectivity index (χ4v) is 3.93. The Morgan fingerprint density at radius 3 is 2.17 bits per heavy atom. The number of guanidine groups is 1. The lowest BCUT2D eigenvalue weighted by molar-refractivity contribution is 0.275. The van der Waals surface area contributed by atoms with Crippen LogP contribution in [-0.4, -0.2) is 27.5 Å². The van der Waals surface area contributed by atoms with Crippen LogP contribution in [0.15, 0.2) is 29.2 Å². The van der Waals surface area contributed by atoms with E-state index < -0.39 is 15.8 Å². The summed E-state index contributed by atoms with van der Waals surface area (Å²) in [4.78, 5) is 0.0817. The number of nitrogens with two attached hydrogens (primary N) is 1. The van der Waals surface area contributed by atoms with Gasteiger partial charge in [0.15, 0.2) is 5.96 Å². The van der Waals surface area contributed by atoms with Gasteiger partial charge in [-0.3, -0.25) is 5.41 Å². The molecular weight excluding hydrogens is 319 g/mol. The molecule has 1 aromatic carbocycles. The van der Waals surface area contributed by atoms with Crippen molar-refractivity contribution in [2.75, 3.05) is 13.1 Å². The Labute approximate surface area is 136 Å². The molecule has 5 N–H and O–H groups in total. The van der Waals surface area contributed by atoms with E-state index in [1.54, 1.807) is 0 Å². The van der Waals surface area contributed by atoms with Crippen molar-refractivity contribution in [1.82, 2.24) is 10.0 Å². The normalized spacial score (nSPS) is 21.8. The molecule has 0 heterocycles. The molecular formula is C15H23FN4O2S. The molecule has 0 spiro atoms. The lowest BCUT2D eigenvalue weighted by Crippen LogP contribution is -2.37. The predicted octanol–water partition coefficient (Wildman–Crippen LogP) is 1.39. The highest BCUT2D eigenvalue weighted by molar-refractivity contribution is 7.89. The molecule has 0 aliphatic heterocycles. The van der Waals surface area contributed by atoms with E-state index in [0.29, 0.717) is 24.9 Å². The molecule has 0 radical (unpaired) electrons. The van der Waals surface area contributed by atoms with Gasteiger partial charge in [0, 0.05) is 13.1 Å². The van der Waals surface area contributed by atoms with Gasteiger partial charge in [-0.1, -0.05) is 0 Å². The maximum Gasteiger partial charge on any atom is 0.240 e. The van der Waals surface area contributed by atoms with Crippen molar-refractivity contribution in [2.45, 2.75) is 30.6 Å². The highest BCUT2D eigenvalue weighted by Gasteiger charge is 2.23. The van der Waals surface area contributed by atoms with Gasteiger partial charge in [0.25, 0.3) is 0 Å². The van der Waals surface area contributed by atoms with Crippen molar-refractivity contribution >= 4 is 16.0 Å². The molecule has 8 heteroatoms. The van der Waals surface area contributed by atoms with Crippen LogP contribution < -0.4 is 15.8 Å². The third-order valence-electron chi connectivity index (χ3n) is 4.23. The maximum absolute atomic E-state index is 12.9. The number of sulfonamides is 1. The molecule has 1 aliphatic carbocycles. The molecule has 0 bridgehead atoms. The smallest absolute Gasteiger partial charge is 0.240 e. The Morgan fingerprint density at radius 1 is 1.13 bits per heavy atom. The largest absolute Gasteiger partial charge is 0.370 e. The fourth-order valence-electron chi connectivity index (χ4n) is 2.82. The summed E-state index contributed by atoms with van der Waals surface area (Å²) in [5, 5.41) is 9.98. The zero-order valence-corrected chi connectivity index (χ0v) is 13.7. The van der Waals surface area contributed by atoms with E-state index in [-0.39, 0.29) is 10.9 Å². The number of nitrogens with one attached hydrogen (secondary N) is 3. The predicted molar refractivity (Wildman–Crippen MR) is 87.0 cm³/mol. The van der Waals surface area contributed by atoms with Crippen molar-refractivity contribution in [3.05, 3.63) is 30.1 Å². The van der Waals surface area contributed by atoms with E-state index in [2.05, 4.69) is 10.0 Å². The number of benzene rings is 1. The third kappa shape index (κ3) is 5.47. The summed E-state index contributed by atoms with van der Waals surface area (Å²) in [6.07, 6.45) is 3.86. The van der Waals surface area contributed by atoms with Gasteiger partial charge in [0.05, 0.1) is 4.90 Å². The van der Waals surface area contributed by atoms with E-state index in [1.165, 1.54) is 12.1 Å². The lowest BCUT2D eigenvalue weighted by atomic mass is 9.82. The molecule has 0 unspecified atom stereocenters. The van der Waals surface area contributed by atoms with E-state index in [9.17, 15) is 12.8 Å². The topological polar surface area (TPSA) is 108 Å². The van der Waals surface area contributed by atoms with Gasteiger partial charge in [0.1, 0.15) is 5.82 Å². The van der Waals surface area contributed by atoms with Crippen molar-refractivity contribution < 1.29 is 12.8 Å². The summed E-state index contributed by atoms with van der Waals surface area (Å²) >= 11 is 0. The lowest BCUT2D eigenvalue weighted by Gasteiger charge is -2.28. The minimum Gasteiger partial charge on any atom is -0.370 e. The molecule has 128 valence electrons. The van der Waals surface area contributed by atoms with Crippen LogP contribution in [0.3, 0.4) is 0 Å². The van der Waals surface area contributed by atoms with Crippen LogP contribution in [0, 0.1) is 23.1 Å². The fraction of sp³-hybridized carbons (Fsp3) is 0.533. The molecule has 1 aliphatic rings. The van der Waals surface area contributed by atoms with Gasteiger partial charge in [-0.2, -0.15) is 0 Å². The van der Waals surface area contributed by atoms with Gasteiger partial charge < -0.3 is 11.1 Å². The zero-order chi connectivity index (χ0) is 16.9. The summed E-state index contributed by atoms with van der Waals surface area (Å²) in [7, 11) is -3.59. The first kappa shape index (κ1) is 17.7. The highest BCUT2D eigenvalue weighted by Crippen LogP contribution is 2.28. The summed E-state index contributed by atoms with van der Waals surface area (Å²) < 4.78 is 39.8. The Bertz CT molecular complexity index is 625. The van der Waals surface area contributed by atoms with Crippen molar-refractivity contribution in [2.24, 2.45) is 17.6 Å². The molecule has 2 rings (SSSR count). The average Bonchev–Trinajstić information content (AvgIpc) is 2.52. The Hall–Kier alpha value is -1.67. The number of hydrogen-bond acceptors (Lipinski definition) is 3. The number of hydrogen-bond donors (Lipinski definition) is 4. The molecule has 6 nitrogen and oxygen atoms in total. The van der Waals surface area contributed by atoms with Crippen molar-refractivity contribution in [3.63, 3.8) is 0 Å². The van der Waals surface area contributed by atoms with Gasteiger partial charge in [0.2, 0.25) is 10.0 Å². The molecule has 0 saturated heterocycles. The molecule has 1 saturated carbocycles. The summed E-state index contributed by atoms with van der Waals surface area (Å²) in [5.41, 5.74) is 5.27. The van der Waals surface area contributed by atoms with Gasteiger partial charge >= 0.3 is 0 Å². The summed E-state index contributed by atoms with van der Waals surface area (Å²) in [5.74, 6) is 0.309. The second-order valence-corrected chi connectivity index (χ2v) is 7.75. The standard InChI is InChI=1S/C15H23FN4O2S/c16-13-5-7-14(8-6-13)23(21,22)20-10-12-3-1-11(2-4-12)9-19-15(17)18/h5-8,11-12,20H,1-4,9-10H2,(H4,17,18,19)/t11-,12-.